The Bertz CT molecular complexity index is 461. The standard InChI is InChI=1S/C17H25NO3/c1-20-17(19)9-13-5-2-3-6-15(13)11-21-12-16-8-4-7-14(16)10-18/h2-3,5-6,14,16H,4,7-12,18H2,1H3. The van der Waals surface area contributed by atoms with Crippen LogP contribution in [0.25, 0.3) is 0 Å². The van der Waals surface area contributed by atoms with E-state index >= 15 is 0 Å². The van der Waals surface area contributed by atoms with Gasteiger partial charge >= 0.3 is 5.97 Å². The minimum Gasteiger partial charge on any atom is -0.469 e. The summed E-state index contributed by atoms with van der Waals surface area (Å²) in [4.78, 5) is 11.4. The summed E-state index contributed by atoms with van der Waals surface area (Å²) in [5.41, 5.74) is 7.83. The van der Waals surface area contributed by atoms with Gasteiger partial charge in [-0.3, -0.25) is 4.79 Å². The van der Waals surface area contributed by atoms with Gasteiger partial charge in [0, 0.05) is 0 Å². The predicted octanol–water partition coefficient (Wildman–Crippen LogP) is 2.29. The number of benzene rings is 1. The molecule has 0 saturated heterocycles. The van der Waals surface area contributed by atoms with Crippen molar-refractivity contribution >= 4 is 5.97 Å². The molecule has 1 aromatic carbocycles. The molecular weight excluding hydrogens is 266 g/mol. The average molecular weight is 291 g/mol. The van der Waals surface area contributed by atoms with Crippen LogP contribution in [-0.2, 0) is 27.3 Å². The van der Waals surface area contributed by atoms with Crippen LogP contribution in [-0.4, -0.2) is 26.2 Å². The molecule has 0 aliphatic heterocycles. The fraction of sp³-hybridized carbons (Fsp3) is 0.588. The molecule has 2 N–H and O–H groups in total. The van der Waals surface area contributed by atoms with Crippen LogP contribution in [0, 0.1) is 11.8 Å². The fourth-order valence-electron chi connectivity index (χ4n) is 3.06. The SMILES string of the molecule is COC(=O)Cc1ccccc1COCC1CCCC1CN. The molecule has 0 heterocycles. The van der Waals surface area contributed by atoms with Gasteiger partial charge in [-0.1, -0.05) is 30.7 Å². The van der Waals surface area contributed by atoms with Gasteiger partial charge < -0.3 is 15.2 Å². The molecule has 1 fully saturated rings. The molecule has 0 amide bonds. The highest BCUT2D eigenvalue weighted by atomic mass is 16.5. The van der Waals surface area contributed by atoms with Gasteiger partial charge in [-0.15, -0.1) is 0 Å². The van der Waals surface area contributed by atoms with Crippen LogP contribution >= 0.6 is 0 Å². The van der Waals surface area contributed by atoms with Crippen molar-refractivity contribution in [2.45, 2.75) is 32.3 Å². The second-order valence-electron chi connectivity index (χ2n) is 5.72. The van der Waals surface area contributed by atoms with Crippen molar-refractivity contribution in [2.24, 2.45) is 17.6 Å². The number of methoxy groups -OCH3 is 1. The Morgan fingerprint density at radius 1 is 1.24 bits per heavy atom. The highest BCUT2D eigenvalue weighted by Crippen LogP contribution is 2.31. The minimum absolute atomic E-state index is 0.221. The second kappa shape index (κ2) is 8.15. The van der Waals surface area contributed by atoms with Crippen LogP contribution < -0.4 is 5.73 Å². The Morgan fingerprint density at radius 3 is 2.67 bits per heavy atom. The van der Waals surface area contributed by atoms with Crippen LogP contribution in [0.4, 0.5) is 0 Å². The first-order valence-corrected chi connectivity index (χ1v) is 7.66. The molecule has 1 aliphatic rings. The maximum absolute atomic E-state index is 11.4. The molecule has 21 heavy (non-hydrogen) atoms. The Hall–Kier alpha value is -1.39. The van der Waals surface area contributed by atoms with E-state index in [0.29, 0.717) is 24.9 Å². The van der Waals surface area contributed by atoms with E-state index in [9.17, 15) is 4.79 Å². The van der Waals surface area contributed by atoms with Gasteiger partial charge in [-0.05, 0) is 42.3 Å². The summed E-state index contributed by atoms with van der Waals surface area (Å²) in [5.74, 6) is 0.972. The lowest BCUT2D eigenvalue weighted by atomic mass is 9.97. The van der Waals surface area contributed by atoms with Crippen LogP contribution in [0.15, 0.2) is 24.3 Å². The molecular formula is C17H25NO3. The van der Waals surface area contributed by atoms with E-state index in [1.165, 1.54) is 26.4 Å². The summed E-state index contributed by atoms with van der Waals surface area (Å²) in [6.07, 6.45) is 3.99. The number of carbonyl (C=O) groups excluding carboxylic acids is 1. The molecule has 4 heteroatoms. The fourth-order valence-corrected chi connectivity index (χ4v) is 3.06. The van der Waals surface area contributed by atoms with E-state index in [0.717, 1.165) is 24.3 Å². The molecule has 0 spiro atoms. The summed E-state index contributed by atoms with van der Waals surface area (Å²) >= 11 is 0. The summed E-state index contributed by atoms with van der Waals surface area (Å²) in [7, 11) is 1.41. The van der Waals surface area contributed by atoms with E-state index in [2.05, 4.69) is 0 Å². The number of hydrogen-bond acceptors (Lipinski definition) is 4. The van der Waals surface area contributed by atoms with Crippen molar-refractivity contribution in [1.29, 1.82) is 0 Å². The van der Waals surface area contributed by atoms with Crippen molar-refractivity contribution < 1.29 is 14.3 Å². The maximum Gasteiger partial charge on any atom is 0.309 e. The normalized spacial score (nSPS) is 21.4. The quantitative estimate of drug-likeness (QED) is 0.783. The molecule has 0 radical (unpaired) electrons. The van der Waals surface area contributed by atoms with Crippen LogP contribution in [0.1, 0.15) is 30.4 Å². The van der Waals surface area contributed by atoms with Crippen molar-refractivity contribution in [3.05, 3.63) is 35.4 Å². The van der Waals surface area contributed by atoms with Crippen LogP contribution in [0.3, 0.4) is 0 Å². The van der Waals surface area contributed by atoms with Crippen LogP contribution in [0.5, 0.6) is 0 Å². The zero-order chi connectivity index (χ0) is 15.1. The van der Waals surface area contributed by atoms with Gasteiger partial charge in [0.2, 0.25) is 0 Å². The van der Waals surface area contributed by atoms with E-state index in [1.54, 1.807) is 0 Å². The monoisotopic (exact) mass is 291 g/mol. The summed E-state index contributed by atoms with van der Waals surface area (Å²) < 4.78 is 10.6. The number of ether oxygens (including phenoxy) is 2. The first kappa shape index (κ1) is 16.0. The molecule has 1 aliphatic carbocycles. The van der Waals surface area contributed by atoms with Crippen molar-refractivity contribution in [3.8, 4) is 0 Å². The molecule has 2 unspecified atom stereocenters. The van der Waals surface area contributed by atoms with Gasteiger partial charge in [0.25, 0.3) is 0 Å². The minimum atomic E-state index is -0.221. The highest BCUT2D eigenvalue weighted by Gasteiger charge is 2.26. The third kappa shape index (κ3) is 4.55. The number of carbonyl (C=O) groups is 1. The highest BCUT2D eigenvalue weighted by molar-refractivity contribution is 5.72. The lowest BCUT2D eigenvalue weighted by Crippen LogP contribution is -2.22. The molecule has 2 atom stereocenters. The van der Waals surface area contributed by atoms with Gasteiger partial charge in [0.15, 0.2) is 0 Å². The molecule has 0 bridgehead atoms. The molecule has 0 aromatic heterocycles. The number of esters is 1. The third-order valence-electron chi connectivity index (χ3n) is 4.39. The Balaban J connectivity index is 1.86. The average Bonchev–Trinajstić information content (AvgIpc) is 2.96. The smallest absolute Gasteiger partial charge is 0.309 e. The molecule has 116 valence electrons. The second-order valence-corrected chi connectivity index (χ2v) is 5.72. The van der Waals surface area contributed by atoms with E-state index in [-0.39, 0.29) is 5.97 Å². The third-order valence-corrected chi connectivity index (χ3v) is 4.39. The number of hydrogen-bond donors (Lipinski definition) is 1. The van der Waals surface area contributed by atoms with Crippen LogP contribution in [0.2, 0.25) is 0 Å². The number of rotatable bonds is 7. The topological polar surface area (TPSA) is 61.5 Å². The van der Waals surface area contributed by atoms with Crippen molar-refractivity contribution in [3.63, 3.8) is 0 Å². The van der Waals surface area contributed by atoms with Gasteiger partial charge in [-0.2, -0.15) is 0 Å². The summed E-state index contributed by atoms with van der Waals surface area (Å²) in [6.45, 7) is 2.06. The molecule has 1 aromatic rings. The van der Waals surface area contributed by atoms with Gasteiger partial charge in [0.05, 0.1) is 26.7 Å². The van der Waals surface area contributed by atoms with Gasteiger partial charge in [-0.25, -0.2) is 0 Å². The lowest BCUT2D eigenvalue weighted by Gasteiger charge is -2.18. The Kier molecular flexibility index (Phi) is 6.21. The Labute approximate surface area is 126 Å². The van der Waals surface area contributed by atoms with E-state index in [4.69, 9.17) is 15.2 Å². The maximum atomic E-state index is 11.4. The van der Waals surface area contributed by atoms with Gasteiger partial charge in [0.1, 0.15) is 0 Å². The molecule has 1 saturated carbocycles. The zero-order valence-corrected chi connectivity index (χ0v) is 12.7. The Morgan fingerprint density at radius 2 is 1.95 bits per heavy atom. The summed E-state index contributed by atoms with van der Waals surface area (Å²) in [5, 5.41) is 0. The molecule has 2 rings (SSSR count). The first-order chi connectivity index (χ1) is 10.2. The zero-order valence-electron chi connectivity index (χ0n) is 12.7. The van der Waals surface area contributed by atoms with Crippen molar-refractivity contribution in [1.82, 2.24) is 0 Å². The van der Waals surface area contributed by atoms with E-state index < -0.39 is 0 Å². The van der Waals surface area contributed by atoms with E-state index in [1.807, 2.05) is 24.3 Å². The first-order valence-electron chi connectivity index (χ1n) is 7.66. The number of nitrogens with two attached hydrogens (primary N) is 1. The largest absolute Gasteiger partial charge is 0.469 e. The van der Waals surface area contributed by atoms with Crippen molar-refractivity contribution in [2.75, 3.05) is 20.3 Å². The summed E-state index contributed by atoms with van der Waals surface area (Å²) in [6, 6.07) is 7.86. The lowest BCUT2D eigenvalue weighted by molar-refractivity contribution is -0.139. The predicted molar refractivity (Wildman–Crippen MR) is 81.7 cm³/mol. The molecule has 4 nitrogen and oxygen atoms in total.